The third-order valence-corrected chi connectivity index (χ3v) is 4.29. The van der Waals surface area contributed by atoms with Crippen LogP contribution in [-0.2, 0) is 47.6 Å². The lowest BCUT2D eigenvalue weighted by atomic mass is 10.1. The van der Waals surface area contributed by atoms with Crippen LogP contribution in [0.1, 0.15) is 60.3 Å². The minimum Gasteiger partial charge on any atom is -0.462 e. The van der Waals surface area contributed by atoms with Gasteiger partial charge in [-0.1, -0.05) is 27.7 Å². The molecular formula is C20H32O10. The maximum absolute atomic E-state index is 12.0. The van der Waals surface area contributed by atoms with E-state index in [1.807, 2.05) is 0 Å². The van der Waals surface area contributed by atoms with Crippen LogP contribution in [0.2, 0.25) is 0 Å². The van der Waals surface area contributed by atoms with Gasteiger partial charge in [0.15, 0.2) is 24.6 Å². The number of rotatable bonds is 12. The summed E-state index contributed by atoms with van der Waals surface area (Å²) in [5.74, 6) is -2.15. The Hall–Kier alpha value is -2.20. The molecule has 0 aromatic rings. The van der Waals surface area contributed by atoms with Gasteiger partial charge in [0.1, 0.15) is 12.7 Å². The van der Waals surface area contributed by atoms with Crippen LogP contribution in [0.4, 0.5) is 0 Å². The van der Waals surface area contributed by atoms with Gasteiger partial charge in [-0.2, -0.15) is 0 Å². The second kappa shape index (κ2) is 13.2. The van der Waals surface area contributed by atoms with Gasteiger partial charge < -0.3 is 28.4 Å². The minimum absolute atomic E-state index is 0.0706. The lowest BCUT2D eigenvalue weighted by Gasteiger charge is -2.28. The monoisotopic (exact) mass is 432 g/mol. The Morgan fingerprint density at radius 3 is 1.80 bits per heavy atom. The molecule has 0 radical (unpaired) electrons. The molecule has 172 valence electrons. The zero-order valence-electron chi connectivity index (χ0n) is 18.2. The van der Waals surface area contributed by atoms with E-state index in [-0.39, 0.29) is 38.9 Å². The molecule has 0 bridgehead atoms. The van der Waals surface area contributed by atoms with E-state index in [1.165, 1.54) is 0 Å². The van der Waals surface area contributed by atoms with Crippen molar-refractivity contribution in [3.05, 3.63) is 0 Å². The number of hydrogen-bond donors (Lipinski definition) is 0. The first-order valence-electron chi connectivity index (χ1n) is 10.3. The van der Waals surface area contributed by atoms with E-state index in [1.54, 1.807) is 34.6 Å². The maximum Gasteiger partial charge on any atom is 0.306 e. The second-order valence-electron chi connectivity index (χ2n) is 6.46. The quantitative estimate of drug-likeness (QED) is 0.332. The average molecular weight is 432 g/mol. The van der Waals surface area contributed by atoms with Gasteiger partial charge >= 0.3 is 23.9 Å². The first kappa shape index (κ1) is 25.8. The molecule has 1 aliphatic heterocycles. The van der Waals surface area contributed by atoms with E-state index in [9.17, 15) is 19.2 Å². The van der Waals surface area contributed by atoms with Crippen molar-refractivity contribution in [2.75, 3.05) is 13.2 Å². The summed E-state index contributed by atoms with van der Waals surface area (Å²) in [7, 11) is 0. The lowest BCUT2D eigenvalue weighted by Crippen LogP contribution is -2.47. The third-order valence-electron chi connectivity index (χ3n) is 4.29. The molecule has 1 aliphatic rings. The fourth-order valence-corrected chi connectivity index (χ4v) is 2.70. The highest BCUT2D eigenvalue weighted by molar-refractivity contribution is 5.71. The van der Waals surface area contributed by atoms with Gasteiger partial charge in [0, 0.05) is 32.3 Å². The topological polar surface area (TPSA) is 124 Å². The lowest BCUT2D eigenvalue weighted by molar-refractivity contribution is -0.199. The molecule has 10 nitrogen and oxygen atoms in total. The van der Waals surface area contributed by atoms with Crippen molar-refractivity contribution in [1.29, 1.82) is 0 Å². The molecule has 1 saturated heterocycles. The molecular weight excluding hydrogens is 400 g/mol. The summed E-state index contributed by atoms with van der Waals surface area (Å²) in [5, 5.41) is 0. The highest BCUT2D eigenvalue weighted by atomic mass is 16.7. The van der Waals surface area contributed by atoms with Crippen molar-refractivity contribution < 1.29 is 47.6 Å². The smallest absolute Gasteiger partial charge is 0.306 e. The summed E-state index contributed by atoms with van der Waals surface area (Å²) < 4.78 is 32.8. The van der Waals surface area contributed by atoms with Crippen LogP contribution in [-0.4, -0.2) is 67.8 Å². The number of ether oxygens (including phenoxy) is 6. The molecule has 1 fully saturated rings. The van der Waals surface area contributed by atoms with Gasteiger partial charge in [-0.3, -0.25) is 19.2 Å². The van der Waals surface area contributed by atoms with E-state index in [0.29, 0.717) is 0 Å². The van der Waals surface area contributed by atoms with Gasteiger partial charge in [-0.05, 0) is 6.92 Å². The van der Waals surface area contributed by atoms with E-state index in [2.05, 4.69) is 0 Å². The number of carbonyl (C=O) groups is 4. The molecule has 1 rings (SSSR count). The van der Waals surface area contributed by atoms with Gasteiger partial charge in [0.25, 0.3) is 0 Å². The summed E-state index contributed by atoms with van der Waals surface area (Å²) in [5.41, 5.74) is 0. The van der Waals surface area contributed by atoms with E-state index < -0.39 is 54.6 Å². The normalized spacial score (nSPS) is 24.0. The van der Waals surface area contributed by atoms with Crippen molar-refractivity contribution in [1.82, 2.24) is 0 Å². The van der Waals surface area contributed by atoms with Crippen molar-refractivity contribution in [3.63, 3.8) is 0 Å². The molecule has 30 heavy (non-hydrogen) atoms. The Morgan fingerprint density at radius 1 is 0.767 bits per heavy atom. The molecule has 0 spiro atoms. The first-order chi connectivity index (χ1) is 14.3. The zero-order valence-corrected chi connectivity index (χ0v) is 18.2. The molecule has 10 heteroatoms. The summed E-state index contributed by atoms with van der Waals surface area (Å²) in [6.45, 7) is 8.11. The molecule has 0 amide bonds. The molecule has 1 unspecified atom stereocenters. The SMILES string of the molecule is CCOC1O[C@H]([C@@H](COC(=O)CC)OC(=O)CC)[C@H](OC(=O)CC)[C@H]1OC(=O)CC. The molecule has 0 N–H and O–H groups in total. The summed E-state index contributed by atoms with van der Waals surface area (Å²) in [6.07, 6.45) is -5.00. The summed E-state index contributed by atoms with van der Waals surface area (Å²) in [6, 6.07) is 0. The van der Waals surface area contributed by atoms with Gasteiger partial charge in [-0.15, -0.1) is 0 Å². The van der Waals surface area contributed by atoms with Crippen LogP contribution in [0.3, 0.4) is 0 Å². The molecule has 0 saturated carbocycles. The molecule has 0 aromatic carbocycles. The Kier molecular flexibility index (Phi) is 11.3. The summed E-state index contributed by atoms with van der Waals surface area (Å²) in [4.78, 5) is 47.6. The maximum atomic E-state index is 12.0. The van der Waals surface area contributed by atoms with E-state index in [0.717, 1.165) is 0 Å². The van der Waals surface area contributed by atoms with Crippen LogP contribution in [0.5, 0.6) is 0 Å². The van der Waals surface area contributed by atoms with Crippen LogP contribution >= 0.6 is 0 Å². The number of carbonyl (C=O) groups excluding carboxylic acids is 4. The molecule has 0 aliphatic carbocycles. The van der Waals surface area contributed by atoms with Crippen LogP contribution in [0.25, 0.3) is 0 Å². The Balaban J connectivity index is 3.22. The zero-order chi connectivity index (χ0) is 22.7. The van der Waals surface area contributed by atoms with Crippen LogP contribution in [0, 0.1) is 0 Å². The van der Waals surface area contributed by atoms with Crippen molar-refractivity contribution >= 4 is 23.9 Å². The number of esters is 4. The Bertz CT molecular complexity index is 590. The first-order valence-corrected chi connectivity index (χ1v) is 10.3. The molecule has 0 aromatic heterocycles. The average Bonchev–Trinajstić information content (AvgIpc) is 3.07. The van der Waals surface area contributed by atoms with Crippen LogP contribution in [0.15, 0.2) is 0 Å². The largest absolute Gasteiger partial charge is 0.462 e. The van der Waals surface area contributed by atoms with E-state index >= 15 is 0 Å². The highest BCUT2D eigenvalue weighted by Crippen LogP contribution is 2.32. The second-order valence-corrected chi connectivity index (χ2v) is 6.46. The predicted molar refractivity (Wildman–Crippen MR) is 102 cm³/mol. The fourth-order valence-electron chi connectivity index (χ4n) is 2.70. The van der Waals surface area contributed by atoms with Crippen molar-refractivity contribution in [3.8, 4) is 0 Å². The Labute approximate surface area is 176 Å². The molecule has 1 heterocycles. The standard InChI is InChI=1S/C20H32O10/c1-6-13(21)26-11-12(27-14(22)7-2)17-18(28-15(23)8-3)19(29-16(24)9-4)20(30-17)25-10-5/h12,17-20H,6-11H2,1-5H3/t12-,17-,18+,19-,20?/m1/s1. The van der Waals surface area contributed by atoms with Gasteiger partial charge in [0.05, 0.1) is 0 Å². The summed E-state index contributed by atoms with van der Waals surface area (Å²) >= 11 is 0. The third kappa shape index (κ3) is 7.56. The number of hydrogen-bond acceptors (Lipinski definition) is 10. The fraction of sp³-hybridized carbons (Fsp3) is 0.800. The van der Waals surface area contributed by atoms with Gasteiger partial charge in [0.2, 0.25) is 0 Å². The highest BCUT2D eigenvalue weighted by Gasteiger charge is 2.54. The van der Waals surface area contributed by atoms with Crippen molar-refractivity contribution in [2.45, 2.75) is 91.0 Å². The van der Waals surface area contributed by atoms with Gasteiger partial charge in [-0.25, -0.2) is 0 Å². The minimum atomic E-state index is -1.11. The Morgan fingerprint density at radius 2 is 1.30 bits per heavy atom. The molecule has 5 atom stereocenters. The van der Waals surface area contributed by atoms with Crippen molar-refractivity contribution in [2.24, 2.45) is 0 Å². The van der Waals surface area contributed by atoms with Crippen LogP contribution < -0.4 is 0 Å². The van der Waals surface area contributed by atoms with E-state index in [4.69, 9.17) is 28.4 Å². The predicted octanol–water partition coefficient (Wildman–Crippen LogP) is 1.67.